The normalized spacial score (nSPS) is 17.3. The van der Waals surface area contributed by atoms with Crippen LogP contribution in [0.25, 0.3) is 22.2 Å². The molecule has 4 heterocycles. The largest absolute Gasteiger partial charge is 0.328 e. The van der Waals surface area contributed by atoms with Gasteiger partial charge >= 0.3 is 0 Å². The number of likely N-dealkylation sites (tertiary alicyclic amines) is 1. The fourth-order valence-corrected chi connectivity index (χ4v) is 2.96. The number of hydrogen-bond acceptors (Lipinski definition) is 5. The molecule has 0 spiro atoms. The highest BCUT2D eigenvalue weighted by Gasteiger charge is 2.18. The molecule has 1 saturated heterocycles. The molecule has 7 nitrogen and oxygen atoms in total. The number of aromatic nitrogens is 5. The van der Waals surface area contributed by atoms with Gasteiger partial charge in [-0.1, -0.05) is 0 Å². The summed E-state index contributed by atoms with van der Waals surface area (Å²) >= 11 is 0. The minimum atomic E-state index is 0.351. The first-order valence-corrected chi connectivity index (χ1v) is 7.59. The molecule has 1 aliphatic heterocycles. The Morgan fingerprint density at radius 3 is 2.91 bits per heavy atom. The van der Waals surface area contributed by atoms with Gasteiger partial charge in [-0.3, -0.25) is 20.1 Å². The highest BCUT2D eigenvalue weighted by molar-refractivity contribution is 5.84. The Hall–Kier alpha value is -2.25. The summed E-state index contributed by atoms with van der Waals surface area (Å²) in [6.07, 6.45) is 7.58. The molecular weight excluding hydrogens is 278 g/mol. The Kier molecular flexibility index (Phi) is 3.36. The van der Waals surface area contributed by atoms with Gasteiger partial charge in [-0.15, -0.1) is 0 Å². The Morgan fingerprint density at radius 1 is 1.27 bits per heavy atom. The molecule has 0 aliphatic carbocycles. The second-order valence-electron chi connectivity index (χ2n) is 5.89. The van der Waals surface area contributed by atoms with Gasteiger partial charge in [-0.2, -0.15) is 10.2 Å². The molecule has 3 aromatic rings. The van der Waals surface area contributed by atoms with Gasteiger partial charge in [-0.25, -0.2) is 0 Å². The average Bonchev–Trinajstić information content (AvgIpc) is 3.19. The molecule has 0 radical (unpaired) electrons. The standard InChI is InChI=1S/C15H19N7/c16-11-1-3-22(4-2-11)9-15-12-5-13(10-6-18-19-7-10)17-8-14(12)20-21-15/h5-8,11H,1-4,9,16H2,(H,18,19)(H,20,21). The zero-order valence-electron chi connectivity index (χ0n) is 12.3. The number of nitrogens with two attached hydrogens (primary N) is 1. The molecule has 0 saturated carbocycles. The molecule has 4 rings (SSSR count). The van der Waals surface area contributed by atoms with Crippen LogP contribution in [-0.2, 0) is 6.54 Å². The smallest absolute Gasteiger partial charge is 0.0842 e. The van der Waals surface area contributed by atoms with E-state index in [1.165, 1.54) is 0 Å². The zero-order chi connectivity index (χ0) is 14.9. The number of nitrogens with one attached hydrogen (secondary N) is 2. The fourth-order valence-electron chi connectivity index (χ4n) is 2.96. The van der Waals surface area contributed by atoms with E-state index in [4.69, 9.17) is 5.73 Å². The molecular formula is C15H19N7. The van der Waals surface area contributed by atoms with Gasteiger partial charge in [0.05, 0.1) is 29.3 Å². The van der Waals surface area contributed by atoms with E-state index in [0.717, 1.165) is 60.3 Å². The monoisotopic (exact) mass is 297 g/mol. The van der Waals surface area contributed by atoms with Crippen molar-refractivity contribution in [2.24, 2.45) is 5.73 Å². The van der Waals surface area contributed by atoms with Gasteiger partial charge in [0.25, 0.3) is 0 Å². The zero-order valence-corrected chi connectivity index (χ0v) is 12.3. The number of piperidine rings is 1. The Bertz CT molecular complexity index is 753. The number of hydrogen-bond donors (Lipinski definition) is 3. The van der Waals surface area contributed by atoms with Crippen molar-refractivity contribution in [1.29, 1.82) is 0 Å². The third kappa shape index (κ3) is 2.49. The third-order valence-corrected chi connectivity index (χ3v) is 4.33. The number of pyridine rings is 1. The Morgan fingerprint density at radius 2 is 2.14 bits per heavy atom. The minimum Gasteiger partial charge on any atom is -0.328 e. The van der Waals surface area contributed by atoms with E-state index in [0.29, 0.717) is 6.04 Å². The van der Waals surface area contributed by atoms with Crippen molar-refractivity contribution in [1.82, 2.24) is 30.3 Å². The highest BCUT2D eigenvalue weighted by Crippen LogP contribution is 2.23. The number of fused-ring (bicyclic) bond motifs is 1. The number of rotatable bonds is 3. The molecule has 0 amide bonds. The summed E-state index contributed by atoms with van der Waals surface area (Å²) in [5, 5.41) is 15.5. The molecule has 1 fully saturated rings. The molecule has 7 heteroatoms. The first-order chi connectivity index (χ1) is 10.8. The van der Waals surface area contributed by atoms with Crippen molar-refractivity contribution in [3.05, 3.63) is 30.4 Å². The van der Waals surface area contributed by atoms with Crippen LogP contribution in [0.3, 0.4) is 0 Å². The maximum absolute atomic E-state index is 5.97. The molecule has 1 aliphatic rings. The lowest BCUT2D eigenvalue weighted by Gasteiger charge is -2.29. The molecule has 3 aromatic heterocycles. The summed E-state index contributed by atoms with van der Waals surface area (Å²) in [4.78, 5) is 6.87. The highest BCUT2D eigenvalue weighted by atomic mass is 15.2. The van der Waals surface area contributed by atoms with Crippen molar-refractivity contribution in [3.8, 4) is 11.3 Å². The lowest BCUT2D eigenvalue weighted by molar-refractivity contribution is 0.204. The van der Waals surface area contributed by atoms with Crippen LogP contribution in [0.5, 0.6) is 0 Å². The molecule has 0 bridgehead atoms. The van der Waals surface area contributed by atoms with Crippen molar-refractivity contribution in [3.63, 3.8) is 0 Å². The van der Waals surface area contributed by atoms with Crippen molar-refractivity contribution < 1.29 is 0 Å². The minimum absolute atomic E-state index is 0.351. The van der Waals surface area contributed by atoms with Crippen LogP contribution in [0.1, 0.15) is 18.5 Å². The Labute approximate surface area is 127 Å². The number of H-pyrrole nitrogens is 2. The summed E-state index contributed by atoms with van der Waals surface area (Å²) in [5.41, 5.74) is 9.90. The second kappa shape index (κ2) is 5.51. The van der Waals surface area contributed by atoms with E-state index in [1.54, 1.807) is 6.20 Å². The predicted molar refractivity (Wildman–Crippen MR) is 84.0 cm³/mol. The average molecular weight is 297 g/mol. The molecule has 22 heavy (non-hydrogen) atoms. The SMILES string of the molecule is NC1CCN(Cc2n[nH]c3cnc(-c4cn[nH]c4)cc23)CC1. The summed E-state index contributed by atoms with van der Waals surface area (Å²) < 4.78 is 0. The molecule has 0 aromatic carbocycles. The molecule has 114 valence electrons. The lowest BCUT2D eigenvalue weighted by atomic mass is 10.1. The summed E-state index contributed by atoms with van der Waals surface area (Å²) in [6, 6.07) is 2.43. The van der Waals surface area contributed by atoms with Crippen LogP contribution in [0.15, 0.2) is 24.7 Å². The van der Waals surface area contributed by atoms with E-state index in [-0.39, 0.29) is 0 Å². The number of nitrogens with zero attached hydrogens (tertiary/aromatic N) is 4. The van der Waals surface area contributed by atoms with Crippen molar-refractivity contribution in [2.45, 2.75) is 25.4 Å². The maximum Gasteiger partial charge on any atom is 0.0842 e. The van der Waals surface area contributed by atoms with Crippen LogP contribution in [0.4, 0.5) is 0 Å². The fraction of sp³-hybridized carbons (Fsp3) is 0.400. The van der Waals surface area contributed by atoms with Crippen LogP contribution in [-0.4, -0.2) is 49.4 Å². The molecule has 0 unspecified atom stereocenters. The van der Waals surface area contributed by atoms with Gasteiger partial charge in [0.2, 0.25) is 0 Å². The van der Waals surface area contributed by atoms with E-state index in [9.17, 15) is 0 Å². The van der Waals surface area contributed by atoms with Gasteiger partial charge in [0.15, 0.2) is 0 Å². The van der Waals surface area contributed by atoms with Crippen LogP contribution in [0, 0.1) is 0 Å². The summed E-state index contributed by atoms with van der Waals surface area (Å²) in [5.74, 6) is 0. The third-order valence-electron chi connectivity index (χ3n) is 4.33. The first kappa shape index (κ1) is 13.4. The maximum atomic E-state index is 5.97. The van der Waals surface area contributed by atoms with Crippen LogP contribution in [0.2, 0.25) is 0 Å². The summed E-state index contributed by atoms with van der Waals surface area (Å²) in [6.45, 7) is 2.92. The summed E-state index contributed by atoms with van der Waals surface area (Å²) in [7, 11) is 0. The molecule has 4 N–H and O–H groups in total. The second-order valence-corrected chi connectivity index (χ2v) is 5.89. The van der Waals surface area contributed by atoms with E-state index in [1.807, 2.05) is 12.4 Å². The van der Waals surface area contributed by atoms with Gasteiger partial charge < -0.3 is 5.73 Å². The van der Waals surface area contributed by atoms with E-state index < -0.39 is 0 Å². The van der Waals surface area contributed by atoms with Crippen molar-refractivity contribution in [2.75, 3.05) is 13.1 Å². The van der Waals surface area contributed by atoms with Gasteiger partial charge in [0.1, 0.15) is 0 Å². The van der Waals surface area contributed by atoms with Gasteiger partial charge in [-0.05, 0) is 18.9 Å². The number of aromatic amines is 2. The lowest BCUT2D eigenvalue weighted by Crippen LogP contribution is -2.39. The van der Waals surface area contributed by atoms with Crippen LogP contribution < -0.4 is 5.73 Å². The van der Waals surface area contributed by atoms with Crippen LogP contribution >= 0.6 is 0 Å². The van der Waals surface area contributed by atoms with Crippen molar-refractivity contribution >= 4 is 10.9 Å². The van der Waals surface area contributed by atoms with Gasteiger partial charge in [0, 0.05) is 42.8 Å². The van der Waals surface area contributed by atoms with E-state index >= 15 is 0 Å². The predicted octanol–water partition coefficient (Wildman–Crippen LogP) is 1.27. The first-order valence-electron chi connectivity index (χ1n) is 7.59. The molecule has 0 atom stereocenters. The quantitative estimate of drug-likeness (QED) is 0.676. The Balaban J connectivity index is 1.62. The van der Waals surface area contributed by atoms with E-state index in [2.05, 4.69) is 36.3 Å². The topological polar surface area (TPSA) is 99.5 Å².